The Morgan fingerprint density at radius 2 is 1.59 bits per heavy atom. The molecule has 0 fully saturated rings. The summed E-state index contributed by atoms with van der Waals surface area (Å²) in [6, 6.07) is 23.2. The average molecular weight is 428 g/mol. The Morgan fingerprint density at radius 3 is 2.28 bits per heavy atom. The number of hydrogen-bond donors (Lipinski definition) is 2. The van der Waals surface area contributed by atoms with E-state index >= 15 is 0 Å². The Labute approximate surface area is 186 Å². The smallest absolute Gasteiger partial charge is 0.322 e. The topological polar surface area (TPSA) is 66.6 Å². The van der Waals surface area contributed by atoms with Crippen molar-refractivity contribution in [1.82, 2.24) is 9.88 Å². The van der Waals surface area contributed by atoms with Gasteiger partial charge < -0.3 is 24.7 Å². The van der Waals surface area contributed by atoms with Gasteiger partial charge in [0.05, 0.1) is 20.3 Å². The highest BCUT2D eigenvalue weighted by Crippen LogP contribution is 2.39. The van der Waals surface area contributed by atoms with Crippen LogP contribution < -0.4 is 14.8 Å². The van der Waals surface area contributed by atoms with Crippen LogP contribution in [0.3, 0.4) is 0 Å². The van der Waals surface area contributed by atoms with E-state index in [9.17, 15) is 4.79 Å². The van der Waals surface area contributed by atoms with Crippen LogP contribution in [0.25, 0.3) is 10.9 Å². The molecule has 0 aliphatic carbocycles. The summed E-state index contributed by atoms with van der Waals surface area (Å²) >= 11 is 0. The van der Waals surface area contributed by atoms with E-state index in [0.29, 0.717) is 6.54 Å². The van der Waals surface area contributed by atoms with Crippen molar-refractivity contribution in [1.29, 1.82) is 0 Å². The van der Waals surface area contributed by atoms with Gasteiger partial charge in [-0.1, -0.05) is 30.3 Å². The Balaban J connectivity index is 1.53. The summed E-state index contributed by atoms with van der Waals surface area (Å²) in [5.41, 5.74) is 5.19. The molecular formula is C26H25N3O3. The SMILES string of the molecule is COc1ccc(NC(=O)N2CCc3c([nH]c4ccccc34)[C@@H]2c2ccc(OC)cc2)cc1. The molecule has 0 spiro atoms. The van der Waals surface area contributed by atoms with Crippen LogP contribution in [-0.2, 0) is 6.42 Å². The predicted octanol–water partition coefficient (Wildman–Crippen LogP) is 5.36. The minimum atomic E-state index is -0.227. The molecule has 2 amide bonds. The lowest BCUT2D eigenvalue weighted by molar-refractivity contribution is 0.193. The number of aromatic nitrogens is 1. The number of carbonyl (C=O) groups excluding carboxylic acids is 1. The Bertz CT molecular complexity index is 1250. The zero-order valence-electron chi connectivity index (χ0n) is 18.1. The molecule has 1 aliphatic heterocycles. The number of H-pyrrole nitrogens is 1. The maximum atomic E-state index is 13.4. The Morgan fingerprint density at radius 1 is 0.938 bits per heavy atom. The van der Waals surface area contributed by atoms with Crippen molar-refractivity contribution in [2.24, 2.45) is 0 Å². The van der Waals surface area contributed by atoms with Crippen LogP contribution in [0.1, 0.15) is 22.9 Å². The van der Waals surface area contributed by atoms with Crippen LogP contribution in [-0.4, -0.2) is 36.7 Å². The van der Waals surface area contributed by atoms with E-state index in [1.165, 1.54) is 10.9 Å². The number of benzene rings is 3. The molecule has 0 radical (unpaired) electrons. The van der Waals surface area contributed by atoms with Gasteiger partial charge in [0.25, 0.3) is 0 Å². The first kappa shape index (κ1) is 20.0. The quantitative estimate of drug-likeness (QED) is 0.460. The molecule has 1 aromatic heterocycles. The number of nitrogens with one attached hydrogen (secondary N) is 2. The number of urea groups is 1. The standard InChI is InChI=1S/C26H25N3O3/c1-31-19-11-7-17(8-12-19)25-24-22(21-5-3-4-6-23(21)28-24)15-16-29(25)26(30)27-18-9-13-20(32-2)14-10-18/h3-14,25,28H,15-16H2,1-2H3,(H,27,30)/t25-/m0/s1. The summed E-state index contributed by atoms with van der Waals surface area (Å²) in [4.78, 5) is 18.9. The number of nitrogens with zero attached hydrogens (tertiary/aromatic N) is 1. The summed E-state index contributed by atoms with van der Waals surface area (Å²) in [5.74, 6) is 1.54. The summed E-state index contributed by atoms with van der Waals surface area (Å²) in [7, 11) is 3.28. The first-order valence-electron chi connectivity index (χ1n) is 10.6. The third-order valence-electron chi connectivity index (χ3n) is 6.07. The Hall–Kier alpha value is -3.93. The molecule has 0 unspecified atom stereocenters. The molecule has 0 saturated heterocycles. The molecule has 4 aromatic rings. The van der Waals surface area contributed by atoms with Gasteiger partial charge in [0.2, 0.25) is 0 Å². The fourth-order valence-corrected chi connectivity index (χ4v) is 4.46. The number of ether oxygens (including phenoxy) is 2. The molecule has 6 nitrogen and oxygen atoms in total. The number of aromatic amines is 1. The molecule has 1 atom stereocenters. The minimum absolute atomic E-state index is 0.139. The fraction of sp³-hybridized carbons (Fsp3) is 0.192. The van der Waals surface area contributed by atoms with Crippen molar-refractivity contribution in [2.75, 3.05) is 26.1 Å². The second-order valence-corrected chi connectivity index (χ2v) is 7.84. The first-order chi connectivity index (χ1) is 15.7. The fourth-order valence-electron chi connectivity index (χ4n) is 4.46. The normalized spacial score (nSPS) is 15.3. The van der Waals surface area contributed by atoms with Gasteiger partial charge in [-0.2, -0.15) is 0 Å². The van der Waals surface area contributed by atoms with Crippen molar-refractivity contribution in [3.05, 3.63) is 89.6 Å². The van der Waals surface area contributed by atoms with Crippen molar-refractivity contribution in [2.45, 2.75) is 12.5 Å². The van der Waals surface area contributed by atoms with E-state index in [2.05, 4.69) is 28.5 Å². The van der Waals surface area contributed by atoms with Crippen molar-refractivity contribution >= 4 is 22.6 Å². The van der Waals surface area contributed by atoms with E-state index in [0.717, 1.165) is 40.4 Å². The number of fused-ring (bicyclic) bond motifs is 3. The lowest BCUT2D eigenvalue weighted by Crippen LogP contribution is -2.43. The summed E-state index contributed by atoms with van der Waals surface area (Å²) in [6.07, 6.45) is 0.794. The van der Waals surface area contributed by atoms with E-state index in [-0.39, 0.29) is 12.1 Å². The number of anilines is 1. The van der Waals surface area contributed by atoms with Gasteiger partial charge in [-0.3, -0.25) is 0 Å². The molecular weight excluding hydrogens is 402 g/mol. The van der Waals surface area contributed by atoms with Crippen LogP contribution in [0, 0.1) is 0 Å². The first-order valence-corrected chi connectivity index (χ1v) is 10.6. The molecule has 1 aliphatic rings. The summed E-state index contributed by atoms with van der Waals surface area (Å²) < 4.78 is 10.5. The van der Waals surface area contributed by atoms with E-state index in [4.69, 9.17) is 9.47 Å². The van der Waals surface area contributed by atoms with Crippen LogP contribution in [0.4, 0.5) is 10.5 Å². The van der Waals surface area contributed by atoms with Gasteiger partial charge in [0.15, 0.2) is 0 Å². The second kappa shape index (κ2) is 8.30. The van der Waals surface area contributed by atoms with Gasteiger partial charge in [0, 0.05) is 28.8 Å². The maximum absolute atomic E-state index is 13.4. The molecule has 3 aromatic carbocycles. The van der Waals surface area contributed by atoms with Gasteiger partial charge in [-0.15, -0.1) is 0 Å². The van der Waals surface area contributed by atoms with E-state index in [1.54, 1.807) is 14.2 Å². The molecule has 0 saturated carbocycles. The zero-order valence-corrected chi connectivity index (χ0v) is 18.1. The number of rotatable bonds is 4. The van der Waals surface area contributed by atoms with Crippen LogP contribution in [0.2, 0.25) is 0 Å². The molecule has 2 heterocycles. The lowest BCUT2D eigenvalue weighted by Gasteiger charge is -2.36. The van der Waals surface area contributed by atoms with Crippen molar-refractivity contribution in [3.63, 3.8) is 0 Å². The maximum Gasteiger partial charge on any atom is 0.322 e. The highest BCUT2D eigenvalue weighted by atomic mass is 16.5. The molecule has 0 bridgehead atoms. The largest absolute Gasteiger partial charge is 0.497 e. The lowest BCUT2D eigenvalue weighted by atomic mass is 9.92. The van der Waals surface area contributed by atoms with Crippen molar-refractivity contribution < 1.29 is 14.3 Å². The van der Waals surface area contributed by atoms with Crippen LogP contribution >= 0.6 is 0 Å². The number of amides is 2. The van der Waals surface area contributed by atoms with Gasteiger partial charge in [-0.25, -0.2) is 4.79 Å². The summed E-state index contributed by atoms with van der Waals surface area (Å²) in [5, 5.41) is 4.26. The van der Waals surface area contributed by atoms with Gasteiger partial charge in [0.1, 0.15) is 11.5 Å². The predicted molar refractivity (Wildman–Crippen MR) is 126 cm³/mol. The van der Waals surface area contributed by atoms with Gasteiger partial charge >= 0.3 is 6.03 Å². The Kier molecular flexibility index (Phi) is 5.19. The average Bonchev–Trinajstić information content (AvgIpc) is 3.23. The number of para-hydroxylation sites is 1. The molecule has 32 heavy (non-hydrogen) atoms. The zero-order chi connectivity index (χ0) is 22.1. The number of carbonyl (C=O) groups is 1. The molecule has 5 rings (SSSR count). The highest BCUT2D eigenvalue weighted by Gasteiger charge is 2.34. The van der Waals surface area contributed by atoms with Crippen molar-refractivity contribution in [3.8, 4) is 11.5 Å². The monoisotopic (exact) mass is 427 g/mol. The minimum Gasteiger partial charge on any atom is -0.497 e. The van der Waals surface area contributed by atoms with Crippen LogP contribution in [0.15, 0.2) is 72.8 Å². The third-order valence-corrected chi connectivity index (χ3v) is 6.07. The number of hydrogen-bond acceptors (Lipinski definition) is 3. The second-order valence-electron chi connectivity index (χ2n) is 7.84. The highest BCUT2D eigenvalue weighted by molar-refractivity contribution is 5.91. The molecule has 2 N–H and O–H groups in total. The number of methoxy groups -OCH3 is 2. The van der Waals surface area contributed by atoms with E-state index in [1.807, 2.05) is 59.5 Å². The summed E-state index contributed by atoms with van der Waals surface area (Å²) in [6.45, 7) is 0.619. The molecule has 162 valence electrons. The molecule has 6 heteroatoms. The van der Waals surface area contributed by atoms with E-state index < -0.39 is 0 Å². The van der Waals surface area contributed by atoms with Gasteiger partial charge in [-0.05, 0) is 60.0 Å². The van der Waals surface area contributed by atoms with Crippen LogP contribution in [0.5, 0.6) is 11.5 Å². The third kappa shape index (κ3) is 3.54.